The van der Waals surface area contributed by atoms with Gasteiger partial charge in [-0.05, 0) is 66.9 Å². The normalized spacial score (nSPS) is 11.3. The number of hydrogen-bond donors (Lipinski definition) is 2. The van der Waals surface area contributed by atoms with Crippen molar-refractivity contribution in [2.24, 2.45) is 0 Å². The maximum atomic E-state index is 12.5. The monoisotopic (exact) mass is 408 g/mol. The number of hydrogen-bond acceptors (Lipinski definition) is 3. The van der Waals surface area contributed by atoms with Gasteiger partial charge in [-0.2, -0.15) is 0 Å². The van der Waals surface area contributed by atoms with Crippen LogP contribution in [0.1, 0.15) is 41.3 Å². The molecule has 3 aromatic rings. The van der Waals surface area contributed by atoms with Gasteiger partial charge in [0.2, 0.25) is 0 Å². The van der Waals surface area contributed by atoms with E-state index in [0.29, 0.717) is 22.9 Å². The van der Waals surface area contributed by atoms with Crippen molar-refractivity contribution in [1.29, 1.82) is 0 Å². The molecule has 0 fully saturated rings. The molecule has 3 aromatic carbocycles. The molecule has 0 spiro atoms. The van der Waals surface area contributed by atoms with Crippen LogP contribution in [0.2, 0.25) is 0 Å². The Morgan fingerprint density at radius 2 is 1.34 bits per heavy atom. The minimum atomic E-state index is -3.66. The number of sulfonamides is 1. The lowest BCUT2D eigenvalue weighted by Crippen LogP contribution is -2.14. The topological polar surface area (TPSA) is 75.3 Å². The average molecular weight is 409 g/mol. The van der Waals surface area contributed by atoms with E-state index in [1.807, 2.05) is 19.1 Å². The van der Waals surface area contributed by atoms with Crippen molar-refractivity contribution in [3.8, 4) is 0 Å². The molecule has 0 heterocycles. The standard InChI is InChI=1S/C23H24N2O3S/c1-16(2)18-6-8-19(9-7-18)23(26)24-20-10-12-21(13-11-20)25-29(27,28)22-14-4-17(3)5-15-22/h4-16,25H,1-3H3,(H,24,26). The molecule has 0 aromatic heterocycles. The molecular weight excluding hydrogens is 384 g/mol. The summed E-state index contributed by atoms with van der Waals surface area (Å²) in [4.78, 5) is 12.6. The van der Waals surface area contributed by atoms with Crippen LogP contribution in [0.25, 0.3) is 0 Å². The number of nitrogens with one attached hydrogen (secondary N) is 2. The Labute approximate surface area is 171 Å². The molecule has 1 amide bonds. The van der Waals surface area contributed by atoms with Crippen molar-refractivity contribution in [2.75, 3.05) is 10.0 Å². The molecule has 0 bridgehead atoms. The van der Waals surface area contributed by atoms with E-state index in [1.165, 1.54) is 5.56 Å². The van der Waals surface area contributed by atoms with Gasteiger partial charge in [0.15, 0.2) is 0 Å². The quantitative estimate of drug-likeness (QED) is 0.591. The fourth-order valence-corrected chi connectivity index (χ4v) is 3.83. The van der Waals surface area contributed by atoms with Crippen molar-refractivity contribution in [1.82, 2.24) is 0 Å². The predicted molar refractivity (Wildman–Crippen MR) is 117 cm³/mol. The van der Waals surface area contributed by atoms with E-state index in [9.17, 15) is 13.2 Å². The molecule has 2 N–H and O–H groups in total. The first-order valence-electron chi connectivity index (χ1n) is 9.35. The van der Waals surface area contributed by atoms with E-state index < -0.39 is 10.0 Å². The van der Waals surface area contributed by atoms with Crippen LogP contribution in [0.5, 0.6) is 0 Å². The first-order valence-corrected chi connectivity index (χ1v) is 10.8. The summed E-state index contributed by atoms with van der Waals surface area (Å²) >= 11 is 0. The molecule has 5 nitrogen and oxygen atoms in total. The van der Waals surface area contributed by atoms with Gasteiger partial charge >= 0.3 is 0 Å². The highest BCUT2D eigenvalue weighted by atomic mass is 32.2. The van der Waals surface area contributed by atoms with Crippen LogP contribution in [0.15, 0.2) is 77.7 Å². The minimum absolute atomic E-state index is 0.199. The Kier molecular flexibility index (Phi) is 6.03. The third kappa shape index (κ3) is 5.23. The fraction of sp³-hybridized carbons (Fsp3) is 0.174. The van der Waals surface area contributed by atoms with Gasteiger partial charge in [-0.15, -0.1) is 0 Å². The summed E-state index contributed by atoms with van der Waals surface area (Å²) < 4.78 is 27.5. The van der Waals surface area contributed by atoms with Gasteiger partial charge < -0.3 is 5.32 Å². The SMILES string of the molecule is Cc1ccc(S(=O)(=O)Nc2ccc(NC(=O)c3ccc(C(C)C)cc3)cc2)cc1. The van der Waals surface area contributed by atoms with Gasteiger partial charge in [-0.25, -0.2) is 8.42 Å². The maximum absolute atomic E-state index is 12.5. The summed E-state index contributed by atoms with van der Waals surface area (Å²) in [6.45, 7) is 6.10. The van der Waals surface area contributed by atoms with Crippen LogP contribution in [-0.2, 0) is 10.0 Å². The zero-order valence-electron chi connectivity index (χ0n) is 16.6. The fourth-order valence-electron chi connectivity index (χ4n) is 2.78. The Balaban J connectivity index is 1.66. The molecule has 0 radical (unpaired) electrons. The number of anilines is 2. The molecule has 0 unspecified atom stereocenters. The number of rotatable bonds is 6. The average Bonchev–Trinajstić information content (AvgIpc) is 2.69. The van der Waals surface area contributed by atoms with Crippen LogP contribution in [0.4, 0.5) is 11.4 Å². The van der Waals surface area contributed by atoms with Crippen LogP contribution in [-0.4, -0.2) is 14.3 Å². The molecule has 0 atom stereocenters. The zero-order valence-corrected chi connectivity index (χ0v) is 17.5. The van der Waals surface area contributed by atoms with Crippen molar-refractivity contribution in [2.45, 2.75) is 31.6 Å². The lowest BCUT2D eigenvalue weighted by atomic mass is 10.0. The first kappa shape index (κ1) is 20.6. The molecule has 0 saturated carbocycles. The van der Waals surface area contributed by atoms with Gasteiger partial charge in [0.1, 0.15) is 0 Å². The van der Waals surface area contributed by atoms with Crippen molar-refractivity contribution >= 4 is 27.3 Å². The zero-order chi connectivity index (χ0) is 21.0. The summed E-state index contributed by atoms with van der Waals surface area (Å²) in [7, 11) is -3.66. The maximum Gasteiger partial charge on any atom is 0.261 e. The van der Waals surface area contributed by atoms with Crippen molar-refractivity contribution in [3.63, 3.8) is 0 Å². The van der Waals surface area contributed by atoms with Gasteiger partial charge in [0.25, 0.3) is 15.9 Å². The van der Waals surface area contributed by atoms with Crippen LogP contribution in [0.3, 0.4) is 0 Å². The summed E-state index contributed by atoms with van der Waals surface area (Å²) in [6.07, 6.45) is 0. The van der Waals surface area contributed by atoms with Crippen LogP contribution in [0, 0.1) is 6.92 Å². The molecule has 150 valence electrons. The van der Waals surface area contributed by atoms with Crippen LogP contribution < -0.4 is 10.0 Å². The van der Waals surface area contributed by atoms with E-state index >= 15 is 0 Å². The molecule has 29 heavy (non-hydrogen) atoms. The highest BCUT2D eigenvalue weighted by Crippen LogP contribution is 2.20. The minimum Gasteiger partial charge on any atom is -0.322 e. The summed E-state index contributed by atoms with van der Waals surface area (Å²) in [5.74, 6) is 0.191. The van der Waals surface area contributed by atoms with E-state index in [1.54, 1.807) is 60.7 Å². The molecule has 0 saturated heterocycles. The molecule has 0 aliphatic heterocycles. The second kappa shape index (κ2) is 8.49. The number of carbonyl (C=O) groups is 1. The summed E-state index contributed by atoms with van der Waals surface area (Å²) in [6, 6.07) is 20.7. The largest absolute Gasteiger partial charge is 0.322 e. The van der Waals surface area contributed by atoms with E-state index in [4.69, 9.17) is 0 Å². The third-order valence-corrected chi connectivity index (χ3v) is 5.96. The lowest BCUT2D eigenvalue weighted by Gasteiger charge is -2.10. The van der Waals surface area contributed by atoms with E-state index in [0.717, 1.165) is 5.56 Å². The molecule has 0 aliphatic rings. The Bertz CT molecular complexity index is 1090. The number of carbonyl (C=O) groups excluding carboxylic acids is 1. The summed E-state index contributed by atoms with van der Waals surface area (Å²) in [5.41, 5.74) is 3.74. The van der Waals surface area contributed by atoms with Crippen molar-refractivity contribution in [3.05, 3.63) is 89.5 Å². The number of aryl methyl sites for hydroxylation is 1. The Morgan fingerprint density at radius 3 is 1.90 bits per heavy atom. The van der Waals surface area contributed by atoms with E-state index in [-0.39, 0.29) is 10.8 Å². The third-order valence-electron chi connectivity index (χ3n) is 4.57. The van der Waals surface area contributed by atoms with E-state index in [2.05, 4.69) is 23.9 Å². The molecular formula is C23H24N2O3S. The van der Waals surface area contributed by atoms with Gasteiger partial charge in [-0.1, -0.05) is 43.7 Å². The molecule has 3 rings (SSSR count). The molecule has 0 aliphatic carbocycles. The number of benzene rings is 3. The van der Waals surface area contributed by atoms with Gasteiger partial charge in [0, 0.05) is 16.9 Å². The lowest BCUT2D eigenvalue weighted by molar-refractivity contribution is 0.102. The van der Waals surface area contributed by atoms with Gasteiger partial charge in [-0.3, -0.25) is 9.52 Å². The highest BCUT2D eigenvalue weighted by molar-refractivity contribution is 7.92. The number of amides is 1. The van der Waals surface area contributed by atoms with Gasteiger partial charge in [0.05, 0.1) is 4.90 Å². The second-order valence-corrected chi connectivity index (χ2v) is 8.91. The summed E-state index contributed by atoms with van der Waals surface area (Å²) in [5, 5.41) is 2.82. The smallest absolute Gasteiger partial charge is 0.261 e. The Morgan fingerprint density at radius 1 is 0.793 bits per heavy atom. The molecule has 6 heteroatoms. The first-order chi connectivity index (χ1) is 13.7. The highest BCUT2D eigenvalue weighted by Gasteiger charge is 2.14. The Hall–Kier alpha value is -3.12. The van der Waals surface area contributed by atoms with Crippen molar-refractivity contribution < 1.29 is 13.2 Å². The second-order valence-electron chi connectivity index (χ2n) is 7.23. The van der Waals surface area contributed by atoms with Crippen LogP contribution >= 0.6 is 0 Å². The predicted octanol–water partition coefficient (Wildman–Crippen LogP) is 5.17.